The van der Waals surface area contributed by atoms with Crippen LogP contribution in [0.25, 0.3) is 22.5 Å². The molecular formula is C22H16F6N4O4. The number of carbonyl (C=O) groups is 3. The number of amides is 2. The maximum atomic E-state index is 12.5. The van der Waals surface area contributed by atoms with E-state index in [1.54, 1.807) is 30.5 Å². The fourth-order valence-electron chi connectivity index (χ4n) is 3.16. The van der Waals surface area contributed by atoms with Gasteiger partial charge in [0.05, 0.1) is 11.3 Å². The standard InChI is InChI=1S/C20H15F3N4O2.C2HF3O2/c21-20(22,23)19(29)26-13-3-1-2-11(8-13)16-9-12(4-6-24-16)17-10-14-15(27-17)5-7-25-18(14)28;3-2(4,5)1(6)7/h1-4,6,8-10,27H,5,7H2,(H,25,28)(H,26,29);(H,6,7). The molecular weight excluding hydrogens is 498 g/mol. The van der Waals surface area contributed by atoms with Crippen LogP contribution in [0.1, 0.15) is 16.1 Å². The van der Waals surface area contributed by atoms with Crippen LogP contribution in [0.5, 0.6) is 0 Å². The van der Waals surface area contributed by atoms with E-state index in [1.165, 1.54) is 18.2 Å². The quantitative estimate of drug-likeness (QED) is 0.391. The van der Waals surface area contributed by atoms with Crippen molar-refractivity contribution in [2.45, 2.75) is 18.8 Å². The lowest BCUT2D eigenvalue weighted by atomic mass is 10.1. The van der Waals surface area contributed by atoms with E-state index in [9.17, 15) is 35.9 Å². The van der Waals surface area contributed by atoms with Gasteiger partial charge >= 0.3 is 24.2 Å². The van der Waals surface area contributed by atoms with Crippen molar-refractivity contribution in [2.24, 2.45) is 0 Å². The van der Waals surface area contributed by atoms with Gasteiger partial charge in [-0.15, -0.1) is 0 Å². The van der Waals surface area contributed by atoms with Crippen molar-refractivity contribution in [3.8, 4) is 22.5 Å². The molecule has 0 atom stereocenters. The molecule has 36 heavy (non-hydrogen) atoms. The smallest absolute Gasteiger partial charge is 0.475 e. The van der Waals surface area contributed by atoms with Crippen LogP contribution in [0.4, 0.5) is 32.0 Å². The van der Waals surface area contributed by atoms with E-state index < -0.39 is 24.2 Å². The van der Waals surface area contributed by atoms with Crippen LogP contribution in [0.15, 0.2) is 48.7 Å². The summed E-state index contributed by atoms with van der Waals surface area (Å²) in [5, 5.41) is 11.7. The van der Waals surface area contributed by atoms with Gasteiger partial charge in [-0.2, -0.15) is 26.3 Å². The van der Waals surface area contributed by atoms with Crippen LogP contribution in [-0.2, 0) is 16.0 Å². The average molecular weight is 514 g/mol. The molecule has 0 saturated heterocycles. The number of benzene rings is 1. The van der Waals surface area contributed by atoms with Crippen molar-refractivity contribution < 1.29 is 45.8 Å². The molecule has 2 amide bonds. The summed E-state index contributed by atoms with van der Waals surface area (Å²) in [6.45, 7) is 0.573. The van der Waals surface area contributed by atoms with Crippen molar-refractivity contribution in [3.05, 3.63) is 59.9 Å². The first-order chi connectivity index (χ1) is 16.8. The Balaban J connectivity index is 0.000000454. The number of anilines is 1. The number of aromatic nitrogens is 2. The van der Waals surface area contributed by atoms with E-state index in [4.69, 9.17) is 9.90 Å². The average Bonchev–Trinajstić information content (AvgIpc) is 3.24. The number of hydrogen-bond donors (Lipinski definition) is 4. The first-order valence-electron chi connectivity index (χ1n) is 10.0. The number of aromatic amines is 1. The van der Waals surface area contributed by atoms with Gasteiger partial charge < -0.3 is 20.7 Å². The van der Waals surface area contributed by atoms with Crippen molar-refractivity contribution in [1.82, 2.24) is 15.3 Å². The lowest BCUT2D eigenvalue weighted by molar-refractivity contribution is -0.192. The molecule has 0 radical (unpaired) electrons. The Bertz CT molecular complexity index is 1300. The molecule has 14 heteroatoms. The number of nitrogens with zero attached hydrogens (tertiary/aromatic N) is 1. The lowest BCUT2D eigenvalue weighted by Crippen LogP contribution is -2.31. The maximum Gasteiger partial charge on any atom is 0.490 e. The number of fused-ring (bicyclic) bond motifs is 1. The maximum absolute atomic E-state index is 12.5. The second kappa shape index (κ2) is 10.1. The van der Waals surface area contributed by atoms with Crippen LogP contribution in [0.2, 0.25) is 0 Å². The summed E-state index contributed by atoms with van der Waals surface area (Å²) >= 11 is 0. The highest BCUT2D eigenvalue weighted by atomic mass is 19.4. The Morgan fingerprint density at radius 3 is 2.28 bits per heavy atom. The van der Waals surface area contributed by atoms with E-state index in [1.807, 2.05) is 5.32 Å². The van der Waals surface area contributed by atoms with Gasteiger partial charge in [0.15, 0.2) is 0 Å². The van der Waals surface area contributed by atoms with Crippen molar-refractivity contribution in [2.75, 3.05) is 11.9 Å². The second-order valence-corrected chi connectivity index (χ2v) is 7.35. The Morgan fingerprint density at radius 2 is 1.67 bits per heavy atom. The van der Waals surface area contributed by atoms with Crippen LogP contribution >= 0.6 is 0 Å². The predicted octanol–water partition coefficient (Wildman–Crippen LogP) is 4.16. The molecule has 2 aromatic heterocycles. The fraction of sp³-hybridized carbons (Fsp3) is 0.182. The summed E-state index contributed by atoms with van der Waals surface area (Å²) in [4.78, 5) is 39.5. The number of pyridine rings is 1. The first-order valence-corrected chi connectivity index (χ1v) is 10.0. The van der Waals surface area contributed by atoms with Gasteiger partial charge in [-0.3, -0.25) is 14.6 Å². The van der Waals surface area contributed by atoms with E-state index >= 15 is 0 Å². The number of nitrogens with one attached hydrogen (secondary N) is 3. The number of hydrogen-bond acceptors (Lipinski definition) is 4. The zero-order chi connectivity index (χ0) is 26.7. The molecule has 4 rings (SSSR count). The lowest BCUT2D eigenvalue weighted by Gasteiger charge is -2.11. The SMILES string of the molecule is O=C(O)C(F)(F)F.O=C1NCCc2[nH]c(-c3ccnc(-c4cccc(NC(=O)C(F)(F)F)c4)c3)cc21. The summed E-state index contributed by atoms with van der Waals surface area (Å²) in [7, 11) is 0. The summed E-state index contributed by atoms with van der Waals surface area (Å²) < 4.78 is 69.1. The largest absolute Gasteiger partial charge is 0.490 e. The van der Waals surface area contributed by atoms with Gasteiger partial charge in [0.1, 0.15) is 0 Å². The highest BCUT2D eigenvalue weighted by Crippen LogP contribution is 2.28. The number of carbonyl (C=O) groups excluding carboxylic acids is 2. The molecule has 0 fully saturated rings. The monoisotopic (exact) mass is 514 g/mol. The minimum Gasteiger partial charge on any atom is -0.475 e. The topological polar surface area (TPSA) is 124 Å². The molecule has 3 heterocycles. The number of carboxylic acid groups (broad SMARTS) is 1. The second-order valence-electron chi connectivity index (χ2n) is 7.35. The third-order valence-corrected chi connectivity index (χ3v) is 4.79. The molecule has 4 N–H and O–H groups in total. The van der Waals surface area contributed by atoms with Crippen molar-refractivity contribution in [1.29, 1.82) is 0 Å². The van der Waals surface area contributed by atoms with Gasteiger partial charge in [0.2, 0.25) is 0 Å². The summed E-state index contributed by atoms with van der Waals surface area (Å²) in [6, 6.07) is 11.3. The molecule has 190 valence electrons. The predicted molar refractivity (Wildman–Crippen MR) is 114 cm³/mol. The molecule has 0 unspecified atom stereocenters. The number of rotatable bonds is 3. The minimum atomic E-state index is -5.08. The molecule has 1 aromatic carbocycles. The van der Waals surface area contributed by atoms with Gasteiger partial charge in [-0.25, -0.2) is 4.79 Å². The number of alkyl halides is 6. The van der Waals surface area contributed by atoms with E-state index in [2.05, 4.69) is 15.3 Å². The molecule has 0 bridgehead atoms. The number of aliphatic carboxylic acids is 1. The Kier molecular flexibility index (Phi) is 7.36. The van der Waals surface area contributed by atoms with Gasteiger partial charge in [0.25, 0.3) is 5.91 Å². The van der Waals surface area contributed by atoms with Crippen LogP contribution in [-0.4, -0.2) is 51.8 Å². The number of H-pyrrole nitrogens is 1. The summed E-state index contributed by atoms with van der Waals surface area (Å²) in [5.41, 5.74) is 4.06. The highest BCUT2D eigenvalue weighted by Gasteiger charge is 2.39. The van der Waals surface area contributed by atoms with Crippen LogP contribution < -0.4 is 10.6 Å². The number of halogens is 6. The van der Waals surface area contributed by atoms with E-state index in [0.29, 0.717) is 29.8 Å². The zero-order valence-electron chi connectivity index (χ0n) is 17.9. The molecule has 1 aliphatic heterocycles. The highest BCUT2D eigenvalue weighted by molar-refractivity contribution is 5.98. The molecule has 0 spiro atoms. The number of carboxylic acids is 1. The zero-order valence-corrected chi connectivity index (χ0v) is 17.9. The first kappa shape index (κ1) is 26.2. The third kappa shape index (κ3) is 6.40. The van der Waals surface area contributed by atoms with E-state index in [-0.39, 0.29) is 11.6 Å². The third-order valence-electron chi connectivity index (χ3n) is 4.79. The van der Waals surface area contributed by atoms with Gasteiger partial charge in [0, 0.05) is 47.4 Å². The molecule has 3 aromatic rings. The van der Waals surface area contributed by atoms with Crippen LogP contribution in [0.3, 0.4) is 0 Å². The normalized spacial score (nSPS) is 13.1. The molecule has 0 saturated carbocycles. The summed E-state index contributed by atoms with van der Waals surface area (Å²) in [6.07, 6.45) is -7.77. The molecule has 8 nitrogen and oxygen atoms in total. The van der Waals surface area contributed by atoms with Crippen molar-refractivity contribution >= 4 is 23.5 Å². The molecule has 1 aliphatic rings. The Morgan fingerprint density at radius 1 is 0.972 bits per heavy atom. The van der Waals surface area contributed by atoms with E-state index in [0.717, 1.165) is 17.0 Å². The Hall–Kier alpha value is -4.36. The van der Waals surface area contributed by atoms with Crippen molar-refractivity contribution in [3.63, 3.8) is 0 Å². The van der Waals surface area contributed by atoms with Crippen LogP contribution in [0, 0.1) is 0 Å². The minimum absolute atomic E-state index is 0.0176. The molecule has 0 aliphatic carbocycles. The summed E-state index contributed by atoms with van der Waals surface area (Å²) in [5.74, 6) is -4.92. The Labute approximate surface area is 198 Å². The van der Waals surface area contributed by atoms with Gasteiger partial charge in [-0.1, -0.05) is 12.1 Å². The fourth-order valence-corrected chi connectivity index (χ4v) is 3.16. The van der Waals surface area contributed by atoms with Gasteiger partial charge in [-0.05, 0) is 30.3 Å².